The Bertz CT molecular complexity index is 400. The fourth-order valence-corrected chi connectivity index (χ4v) is 1.24. The molecule has 0 saturated carbocycles. The van der Waals surface area contributed by atoms with Gasteiger partial charge >= 0.3 is 11.9 Å². The minimum absolute atomic E-state index is 0.332. The van der Waals surface area contributed by atoms with Crippen LogP contribution in [0.1, 0.15) is 24.2 Å². The first kappa shape index (κ1) is 14.0. The number of hydrogen-bond acceptors (Lipinski definition) is 5. The largest absolute Gasteiger partial charge is 0.464 e. The molecule has 0 bridgehead atoms. The maximum absolute atomic E-state index is 11.4. The van der Waals surface area contributed by atoms with E-state index in [-0.39, 0.29) is 5.97 Å². The summed E-state index contributed by atoms with van der Waals surface area (Å²) in [6.45, 7) is 5.39. The van der Waals surface area contributed by atoms with Crippen LogP contribution in [0.15, 0.2) is 24.3 Å². The molecule has 0 aliphatic rings. The van der Waals surface area contributed by atoms with Crippen LogP contribution in [0.5, 0.6) is 0 Å². The molecule has 0 amide bonds. The van der Waals surface area contributed by atoms with Gasteiger partial charge in [-0.25, -0.2) is 9.59 Å². The maximum Gasteiger partial charge on any atom is 0.338 e. The highest BCUT2D eigenvalue weighted by atomic mass is 16.5. The molecule has 0 atom stereocenters. The van der Waals surface area contributed by atoms with Gasteiger partial charge in [-0.3, -0.25) is 0 Å². The number of esters is 2. The van der Waals surface area contributed by atoms with Crippen LogP contribution in [-0.2, 0) is 14.3 Å². The van der Waals surface area contributed by atoms with E-state index in [0.717, 1.165) is 0 Å². The molecule has 1 N–H and O–H groups in total. The summed E-state index contributed by atoms with van der Waals surface area (Å²) in [7, 11) is 0. The minimum Gasteiger partial charge on any atom is -0.464 e. The Morgan fingerprint density at radius 2 is 1.72 bits per heavy atom. The summed E-state index contributed by atoms with van der Waals surface area (Å²) in [6.07, 6.45) is 0. The van der Waals surface area contributed by atoms with Gasteiger partial charge in [-0.05, 0) is 38.1 Å². The van der Waals surface area contributed by atoms with Crippen molar-refractivity contribution in [2.45, 2.75) is 13.8 Å². The van der Waals surface area contributed by atoms with Gasteiger partial charge in [0.25, 0.3) is 0 Å². The topological polar surface area (TPSA) is 64.6 Å². The average Bonchev–Trinajstić information content (AvgIpc) is 2.37. The van der Waals surface area contributed by atoms with E-state index in [9.17, 15) is 9.59 Å². The van der Waals surface area contributed by atoms with Crippen molar-refractivity contribution in [2.75, 3.05) is 18.5 Å². The second-order valence-electron chi connectivity index (χ2n) is 3.34. The predicted molar refractivity (Wildman–Crippen MR) is 67.0 cm³/mol. The van der Waals surface area contributed by atoms with E-state index in [4.69, 9.17) is 9.47 Å². The predicted octanol–water partition coefficient (Wildman–Crippen LogP) is 2.00. The van der Waals surface area contributed by atoms with Gasteiger partial charge in [0.2, 0.25) is 0 Å². The van der Waals surface area contributed by atoms with Crippen LogP contribution in [0.25, 0.3) is 0 Å². The lowest BCUT2D eigenvalue weighted by molar-refractivity contribution is -0.138. The van der Waals surface area contributed by atoms with Crippen molar-refractivity contribution in [3.05, 3.63) is 36.4 Å². The molecule has 1 aromatic carbocycles. The molecule has 5 heteroatoms. The summed E-state index contributed by atoms with van der Waals surface area (Å²) in [6, 6.07) is 6.61. The van der Waals surface area contributed by atoms with Gasteiger partial charge in [-0.2, -0.15) is 0 Å². The molecule has 0 saturated heterocycles. The van der Waals surface area contributed by atoms with Crippen molar-refractivity contribution < 1.29 is 19.1 Å². The van der Waals surface area contributed by atoms with Gasteiger partial charge in [0, 0.05) is 5.69 Å². The third kappa shape index (κ3) is 4.45. The molecule has 97 valence electrons. The first-order valence-corrected chi connectivity index (χ1v) is 5.71. The van der Waals surface area contributed by atoms with E-state index < -0.39 is 5.97 Å². The van der Waals surface area contributed by atoms with Crippen molar-refractivity contribution in [3.8, 4) is 0 Å². The summed E-state index contributed by atoms with van der Waals surface area (Å²) >= 11 is 0. The summed E-state index contributed by atoms with van der Waals surface area (Å²) in [5.74, 6) is -0.801. The van der Waals surface area contributed by atoms with Gasteiger partial charge in [0.05, 0.1) is 18.8 Å². The summed E-state index contributed by atoms with van der Waals surface area (Å²) in [4.78, 5) is 22.4. The molecule has 5 nitrogen and oxygen atoms in total. The van der Waals surface area contributed by atoms with Crippen molar-refractivity contribution >= 4 is 17.6 Å². The molecule has 1 aromatic rings. The first-order valence-electron chi connectivity index (χ1n) is 5.71. The first-order chi connectivity index (χ1) is 8.67. The third-order valence-electron chi connectivity index (χ3n) is 2.04. The lowest BCUT2D eigenvalue weighted by Crippen LogP contribution is -2.11. The highest BCUT2D eigenvalue weighted by Gasteiger charge is 2.06. The molecule has 1 rings (SSSR count). The summed E-state index contributed by atoms with van der Waals surface area (Å²) < 4.78 is 9.58. The molecule has 0 spiro atoms. The highest BCUT2D eigenvalue weighted by molar-refractivity contribution is 5.90. The standard InChI is InChI=1S/C13H16NO4/c1-3-17-12(15)9-14-11-7-5-10(6-8-11)13(16)18-4-2/h5-9,14H,3-4H2,1-2H3. The molecule has 1 radical (unpaired) electrons. The van der Waals surface area contributed by atoms with Crippen LogP contribution < -0.4 is 5.32 Å². The molecule has 0 fully saturated rings. The quantitative estimate of drug-likeness (QED) is 0.782. The molecule has 0 heterocycles. The molecule has 0 unspecified atom stereocenters. The Hall–Kier alpha value is -2.04. The number of nitrogens with one attached hydrogen (secondary N) is 1. The minimum atomic E-state index is -0.438. The van der Waals surface area contributed by atoms with E-state index in [1.54, 1.807) is 38.1 Å². The van der Waals surface area contributed by atoms with Gasteiger partial charge < -0.3 is 14.8 Å². The average molecular weight is 250 g/mol. The van der Waals surface area contributed by atoms with Crippen molar-refractivity contribution in [3.63, 3.8) is 0 Å². The lowest BCUT2D eigenvalue weighted by Gasteiger charge is -2.06. The smallest absolute Gasteiger partial charge is 0.338 e. The Morgan fingerprint density at radius 1 is 1.11 bits per heavy atom. The number of carbonyl (C=O) groups is 2. The van der Waals surface area contributed by atoms with Gasteiger partial charge in [-0.15, -0.1) is 0 Å². The fourth-order valence-electron chi connectivity index (χ4n) is 1.24. The zero-order valence-electron chi connectivity index (χ0n) is 10.4. The number of rotatable bonds is 6. The highest BCUT2D eigenvalue weighted by Crippen LogP contribution is 2.11. The number of carbonyl (C=O) groups excluding carboxylic acids is 2. The van der Waals surface area contributed by atoms with E-state index in [2.05, 4.69) is 5.32 Å². The second kappa shape index (κ2) is 7.32. The van der Waals surface area contributed by atoms with Crippen LogP contribution in [-0.4, -0.2) is 25.2 Å². The van der Waals surface area contributed by atoms with Gasteiger partial charge in [0.1, 0.15) is 0 Å². The van der Waals surface area contributed by atoms with Crippen molar-refractivity contribution in [1.29, 1.82) is 0 Å². The van der Waals surface area contributed by atoms with Crippen LogP contribution in [0.2, 0.25) is 0 Å². The van der Waals surface area contributed by atoms with E-state index in [1.165, 1.54) is 6.54 Å². The summed E-state index contributed by atoms with van der Waals surface area (Å²) in [5.41, 5.74) is 1.16. The number of benzene rings is 1. The molecular weight excluding hydrogens is 234 g/mol. The van der Waals surface area contributed by atoms with Crippen LogP contribution in [0, 0.1) is 6.54 Å². The summed E-state index contributed by atoms with van der Waals surface area (Å²) in [5, 5.41) is 2.78. The van der Waals surface area contributed by atoms with Gasteiger partial charge in [-0.1, -0.05) is 0 Å². The SMILES string of the molecule is CCOC(=O)[CH]Nc1ccc(C(=O)OCC)cc1. The third-order valence-corrected chi connectivity index (χ3v) is 2.04. The Morgan fingerprint density at radius 3 is 2.28 bits per heavy atom. The molecule has 18 heavy (non-hydrogen) atoms. The monoisotopic (exact) mass is 250 g/mol. The van der Waals surface area contributed by atoms with E-state index >= 15 is 0 Å². The lowest BCUT2D eigenvalue weighted by atomic mass is 10.2. The molecule has 0 aliphatic heterocycles. The maximum atomic E-state index is 11.4. The zero-order valence-corrected chi connectivity index (χ0v) is 10.4. The fraction of sp³-hybridized carbons (Fsp3) is 0.308. The zero-order chi connectivity index (χ0) is 13.4. The van der Waals surface area contributed by atoms with Crippen LogP contribution >= 0.6 is 0 Å². The normalized spacial score (nSPS) is 9.67. The number of anilines is 1. The Kier molecular flexibility index (Phi) is 5.70. The van der Waals surface area contributed by atoms with Crippen molar-refractivity contribution in [1.82, 2.24) is 0 Å². The van der Waals surface area contributed by atoms with Crippen LogP contribution in [0.3, 0.4) is 0 Å². The number of ether oxygens (including phenoxy) is 2. The Labute approximate surface area is 106 Å². The van der Waals surface area contributed by atoms with Gasteiger partial charge in [0.15, 0.2) is 6.54 Å². The molecule has 0 aromatic heterocycles. The Balaban J connectivity index is 2.50. The number of hydrogen-bond donors (Lipinski definition) is 1. The molecule has 0 aliphatic carbocycles. The van der Waals surface area contributed by atoms with E-state index in [0.29, 0.717) is 24.5 Å². The van der Waals surface area contributed by atoms with E-state index in [1.807, 2.05) is 0 Å². The van der Waals surface area contributed by atoms with Crippen molar-refractivity contribution in [2.24, 2.45) is 0 Å². The molecular formula is C13H16NO4. The second-order valence-corrected chi connectivity index (χ2v) is 3.34. The van der Waals surface area contributed by atoms with Crippen LogP contribution in [0.4, 0.5) is 5.69 Å².